The predicted molar refractivity (Wildman–Crippen MR) is 64.4 cm³/mol. The molecule has 1 aliphatic rings. The van der Waals surface area contributed by atoms with Gasteiger partial charge in [0.1, 0.15) is 10.1 Å². The zero-order valence-electron chi connectivity index (χ0n) is 7.56. The fraction of sp³-hybridized carbons (Fsp3) is 0. The number of carbonyl (C=O) groups excluding carboxylic acids is 1. The summed E-state index contributed by atoms with van der Waals surface area (Å²) < 4.78 is 0.477. The maximum atomic E-state index is 11.3. The number of benzene rings is 1. The lowest BCUT2D eigenvalue weighted by molar-refractivity contribution is -0.115. The normalized spacial score (nSPS) is 18.3. The Morgan fingerprint density at radius 3 is 2.53 bits per heavy atom. The van der Waals surface area contributed by atoms with Gasteiger partial charge in [-0.2, -0.15) is 0 Å². The van der Waals surface area contributed by atoms with Crippen LogP contribution in [0.15, 0.2) is 29.2 Å². The largest absolute Gasteiger partial charge is 0.508 e. The first-order chi connectivity index (χ1) is 7.15. The van der Waals surface area contributed by atoms with E-state index in [0.29, 0.717) is 9.23 Å². The number of thioether (sulfide) groups is 1. The Labute approximate surface area is 96.2 Å². The minimum Gasteiger partial charge on any atom is -0.508 e. The van der Waals surface area contributed by atoms with Crippen LogP contribution in [0, 0.1) is 0 Å². The predicted octanol–water partition coefficient (Wildman–Crippen LogP) is 1.88. The molecule has 0 atom stereocenters. The lowest BCUT2D eigenvalue weighted by Crippen LogP contribution is -2.17. The molecule has 0 spiro atoms. The molecule has 1 aromatic rings. The Bertz CT molecular complexity index is 451. The molecule has 1 aliphatic heterocycles. The van der Waals surface area contributed by atoms with Crippen LogP contribution in [0.2, 0.25) is 0 Å². The van der Waals surface area contributed by atoms with Crippen molar-refractivity contribution in [3.05, 3.63) is 34.7 Å². The summed E-state index contributed by atoms with van der Waals surface area (Å²) in [5, 5.41) is 11.6. The molecule has 1 amide bonds. The van der Waals surface area contributed by atoms with Crippen molar-refractivity contribution in [2.75, 3.05) is 0 Å². The van der Waals surface area contributed by atoms with E-state index in [0.717, 1.165) is 5.56 Å². The first-order valence-corrected chi connectivity index (χ1v) is 5.41. The van der Waals surface area contributed by atoms with Crippen LogP contribution in [0.4, 0.5) is 0 Å². The SMILES string of the molecule is O=C1NC(=S)S/C1=C\c1ccc(O)cc1. The zero-order valence-corrected chi connectivity index (χ0v) is 9.19. The molecular weight excluding hydrogens is 230 g/mol. The Balaban J connectivity index is 2.27. The van der Waals surface area contributed by atoms with Gasteiger partial charge in [-0.05, 0) is 23.8 Å². The highest BCUT2D eigenvalue weighted by molar-refractivity contribution is 8.26. The van der Waals surface area contributed by atoms with Gasteiger partial charge in [-0.1, -0.05) is 36.1 Å². The number of hydrogen-bond donors (Lipinski definition) is 2. The third kappa shape index (κ3) is 2.37. The van der Waals surface area contributed by atoms with Crippen molar-refractivity contribution in [2.45, 2.75) is 0 Å². The number of thiocarbonyl (C=S) groups is 1. The number of rotatable bonds is 1. The number of phenolic OH excluding ortho intramolecular Hbond substituents is 1. The second kappa shape index (κ2) is 4.04. The van der Waals surface area contributed by atoms with Crippen LogP contribution in [0.5, 0.6) is 5.75 Å². The molecule has 5 heteroatoms. The van der Waals surface area contributed by atoms with Crippen LogP contribution >= 0.6 is 24.0 Å². The molecule has 3 nitrogen and oxygen atoms in total. The molecule has 0 unspecified atom stereocenters. The van der Waals surface area contributed by atoms with Crippen LogP contribution in [0.3, 0.4) is 0 Å². The number of nitrogens with one attached hydrogen (secondary N) is 1. The van der Waals surface area contributed by atoms with Crippen LogP contribution in [-0.2, 0) is 4.79 Å². The highest BCUT2D eigenvalue weighted by Gasteiger charge is 2.21. The maximum Gasteiger partial charge on any atom is 0.263 e. The summed E-state index contributed by atoms with van der Waals surface area (Å²) >= 11 is 6.10. The standard InChI is InChI=1S/C10H7NO2S2/c12-7-3-1-6(2-4-7)5-8-9(13)11-10(14)15-8/h1-5,12H,(H,11,13,14)/b8-5-. The Morgan fingerprint density at radius 1 is 1.33 bits per heavy atom. The number of phenols is 1. The van der Waals surface area contributed by atoms with Gasteiger partial charge in [-0.25, -0.2) is 0 Å². The van der Waals surface area contributed by atoms with Gasteiger partial charge in [-0.3, -0.25) is 4.79 Å². The van der Waals surface area contributed by atoms with Crippen molar-refractivity contribution in [3.63, 3.8) is 0 Å². The molecule has 1 fully saturated rings. The molecule has 15 heavy (non-hydrogen) atoms. The minimum atomic E-state index is -0.168. The van der Waals surface area contributed by atoms with Gasteiger partial charge in [0.15, 0.2) is 0 Å². The van der Waals surface area contributed by atoms with Gasteiger partial charge in [0, 0.05) is 0 Å². The number of amides is 1. The van der Waals surface area contributed by atoms with E-state index in [-0.39, 0.29) is 11.7 Å². The van der Waals surface area contributed by atoms with E-state index in [1.54, 1.807) is 30.3 Å². The van der Waals surface area contributed by atoms with E-state index in [1.807, 2.05) is 0 Å². The van der Waals surface area contributed by atoms with Gasteiger partial charge < -0.3 is 10.4 Å². The molecule has 1 heterocycles. The summed E-state index contributed by atoms with van der Waals surface area (Å²) in [6.45, 7) is 0. The molecule has 0 saturated carbocycles. The summed E-state index contributed by atoms with van der Waals surface area (Å²) in [4.78, 5) is 11.9. The fourth-order valence-corrected chi connectivity index (χ4v) is 2.19. The molecule has 2 rings (SSSR count). The summed E-state index contributed by atoms with van der Waals surface area (Å²) in [6, 6.07) is 6.61. The second-order valence-electron chi connectivity index (χ2n) is 2.94. The highest BCUT2D eigenvalue weighted by atomic mass is 32.2. The van der Waals surface area contributed by atoms with Crippen molar-refractivity contribution in [1.29, 1.82) is 0 Å². The van der Waals surface area contributed by atoms with E-state index in [1.165, 1.54) is 11.8 Å². The molecule has 76 valence electrons. The molecule has 0 bridgehead atoms. The molecule has 0 aliphatic carbocycles. The quantitative estimate of drug-likeness (QED) is 0.578. The molecule has 0 radical (unpaired) electrons. The lowest BCUT2D eigenvalue weighted by atomic mass is 10.2. The Kier molecular flexibility index (Phi) is 2.75. The molecule has 2 N–H and O–H groups in total. The molecule has 1 saturated heterocycles. The van der Waals surface area contributed by atoms with Crippen molar-refractivity contribution in [1.82, 2.24) is 5.32 Å². The number of hydrogen-bond acceptors (Lipinski definition) is 4. The van der Waals surface area contributed by atoms with E-state index >= 15 is 0 Å². The van der Waals surface area contributed by atoms with Crippen LogP contribution in [0.25, 0.3) is 6.08 Å². The summed E-state index contributed by atoms with van der Waals surface area (Å²) in [5.74, 6) is 0.0364. The third-order valence-corrected chi connectivity index (χ3v) is 3.00. The topological polar surface area (TPSA) is 49.3 Å². The average Bonchev–Trinajstić information content (AvgIpc) is 2.49. The van der Waals surface area contributed by atoms with E-state index in [9.17, 15) is 4.79 Å². The van der Waals surface area contributed by atoms with Crippen molar-refractivity contribution in [3.8, 4) is 5.75 Å². The second-order valence-corrected chi connectivity index (χ2v) is 4.66. The van der Waals surface area contributed by atoms with Crippen LogP contribution in [-0.4, -0.2) is 15.3 Å². The first kappa shape index (κ1) is 10.2. The van der Waals surface area contributed by atoms with Crippen molar-refractivity contribution in [2.24, 2.45) is 0 Å². The van der Waals surface area contributed by atoms with Gasteiger partial charge in [-0.15, -0.1) is 0 Å². The van der Waals surface area contributed by atoms with E-state index < -0.39 is 0 Å². The Morgan fingerprint density at radius 2 is 2.00 bits per heavy atom. The first-order valence-electron chi connectivity index (χ1n) is 4.19. The monoisotopic (exact) mass is 237 g/mol. The van der Waals surface area contributed by atoms with Gasteiger partial charge in [0.25, 0.3) is 5.91 Å². The van der Waals surface area contributed by atoms with Crippen LogP contribution < -0.4 is 5.32 Å². The maximum absolute atomic E-state index is 11.3. The molecule has 1 aromatic carbocycles. The number of aromatic hydroxyl groups is 1. The van der Waals surface area contributed by atoms with Crippen molar-refractivity contribution >= 4 is 40.3 Å². The van der Waals surface area contributed by atoms with Gasteiger partial charge in [0.2, 0.25) is 0 Å². The average molecular weight is 237 g/mol. The summed E-state index contributed by atoms with van der Waals surface area (Å²) in [5.41, 5.74) is 0.857. The summed E-state index contributed by atoms with van der Waals surface area (Å²) in [7, 11) is 0. The highest BCUT2D eigenvalue weighted by Crippen LogP contribution is 2.26. The fourth-order valence-electron chi connectivity index (χ4n) is 1.14. The van der Waals surface area contributed by atoms with Crippen molar-refractivity contribution < 1.29 is 9.90 Å². The molecular formula is C10H7NO2S2. The van der Waals surface area contributed by atoms with Gasteiger partial charge >= 0.3 is 0 Å². The Hall–Kier alpha value is -1.33. The zero-order chi connectivity index (χ0) is 10.8. The van der Waals surface area contributed by atoms with Gasteiger partial charge in [0.05, 0.1) is 4.91 Å². The lowest BCUT2D eigenvalue weighted by Gasteiger charge is -1.95. The number of carbonyl (C=O) groups is 1. The van der Waals surface area contributed by atoms with E-state index in [2.05, 4.69) is 5.32 Å². The molecule has 0 aromatic heterocycles. The third-order valence-electron chi connectivity index (χ3n) is 1.83. The van der Waals surface area contributed by atoms with E-state index in [4.69, 9.17) is 17.3 Å². The van der Waals surface area contributed by atoms with Crippen LogP contribution in [0.1, 0.15) is 5.56 Å². The minimum absolute atomic E-state index is 0.168. The summed E-state index contributed by atoms with van der Waals surface area (Å²) in [6.07, 6.45) is 1.73. The smallest absolute Gasteiger partial charge is 0.263 e.